The van der Waals surface area contributed by atoms with Gasteiger partial charge in [0.2, 0.25) is 0 Å². The first-order chi connectivity index (χ1) is 12.0. The Labute approximate surface area is 153 Å². The van der Waals surface area contributed by atoms with Gasteiger partial charge in [-0.2, -0.15) is 0 Å². The molecule has 0 saturated carbocycles. The molecule has 1 saturated heterocycles. The van der Waals surface area contributed by atoms with Crippen molar-refractivity contribution in [2.75, 3.05) is 26.2 Å². The van der Waals surface area contributed by atoms with E-state index in [1.54, 1.807) is 6.92 Å². The van der Waals surface area contributed by atoms with Crippen molar-refractivity contribution in [1.82, 2.24) is 15.0 Å². The summed E-state index contributed by atoms with van der Waals surface area (Å²) < 4.78 is 5.21. The summed E-state index contributed by atoms with van der Waals surface area (Å²) in [5, 5.41) is 4.79. The van der Waals surface area contributed by atoms with Crippen molar-refractivity contribution >= 4 is 17.5 Å². The molecule has 1 fully saturated rings. The summed E-state index contributed by atoms with van der Waals surface area (Å²) in [4.78, 5) is 17.1. The van der Waals surface area contributed by atoms with E-state index in [9.17, 15) is 4.79 Å². The van der Waals surface area contributed by atoms with E-state index >= 15 is 0 Å². The average molecular weight is 362 g/mol. The minimum absolute atomic E-state index is 0.0284. The third-order valence-corrected chi connectivity index (χ3v) is 5.33. The van der Waals surface area contributed by atoms with Crippen LogP contribution >= 0.6 is 11.6 Å². The zero-order chi connectivity index (χ0) is 18.0. The smallest absolute Gasteiger partial charge is 0.259 e. The van der Waals surface area contributed by atoms with Crippen molar-refractivity contribution in [3.05, 3.63) is 51.9 Å². The average Bonchev–Trinajstić information content (AvgIpc) is 3.01. The highest BCUT2D eigenvalue weighted by Gasteiger charge is 2.29. The maximum atomic E-state index is 12.8. The molecule has 1 atom stereocenters. The number of nitrogens with zero attached hydrogens (tertiary/aromatic N) is 3. The number of aryl methyl sites for hydroxylation is 2. The van der Waals surface area contributed by atoms with Gasteiger partial charge in [0.1, 0.15) is 11.3 Å². The quantitative estimate of drug-likeness (QED) is 0.832. The van der Waals surface area contributed by atoms with Crippen molar-refractivity contribution < 1.29 is 9.32 Å². The number of halogens is 1. The molecular weight excluding hydrogens is 338 g/mol. The van der Waals surface area contributed by atoms with Crippen LogP contribution in [0.4, 0.5) is 0 Å². The molecule has 134 valence electrons. The SMILES string of the molecule is CCc1noc(C)c1C(=O)N1CCN(C(C)c2ccccc2Cl)CC1. The number of carbonyl (C=O) groups is 1. The molecule has 1 aliphatic heterocycles. The Morgan fingerprint density at radius 3 is 2.60 bits per heavy atom. The third-order valence-electron chi connectivity index (χ3n) is 4.99. The van der Waals surface area contributed by atoms with Gasteiger partial charge in [0.05, 0.1) is 5.69 Å². The van der Waals surface area contributed by atoms with Crippen molar-refractivity contribution in [1.29, 1.82) is 0 Å². The Bertz CT molecular complexity index is 751. The van der Waals surface area contributed by atoms with Crippen LogP contribution in [0.15, 0.2) is 28.8 Å². The maximum Gasteiger partial charge on any atom is 0.259 e. The summed E-state index contributed by atoms with van der Waals surface area (Å²) in [5.41, 5.74) is 2.51. The van der Waals surface area contributed by atoms with Crippen LogP contribution in [0.3, 0.4) is 0 Å². The zero-order valence-corrected chi connectivity index (χ0v) is 15.7. The van der Waals surface area contributed by atoms with Crippen molar-refractivity contribution in [2.45, 2.75) is 33.2 Å². The number of benzene rings is 1. The first-order valence-corrected chi connectivity index (χ1v) is 9.13. The fraction of sp³-hybridized carbons (Fsp3) is 0.474. The van der Waals surface area contributed by atoms with Gasteiger partial charge in [-0.15, -0.1) is 0 Å². The van der Waals surface area contributed by atoms with Gasteiger partial charge in [-0.1, -0.05) is 41.9 Å². The highest BCUT2D eigenvalue weighted by molar-refractivity contribution is 6.31. The molecule has 0 N–H and O–H groups in total. The van der Waals surface area contributed by atoms with Crippen LogP contribution in [-0.2, 0) is 6.42 Å². The largest absolute Gasteiger partial charge is 0.361 e. The normalized spacial score (nSPS) is 16.9. The lowest BCUT2D eigenvalue weighted by molar-refractivity contribution is 0.0579. The summed E-state index contributed by atoms with van der Waals surface area (Å²) in [7, 11) is 0. The summed E-state index contributed by atoms with van der Waals surface area (Å²) in [6.45, 7) is 8.99. The van der Waals surface area contributed by atoms with Gasteiger partial charge >= 0.3 is 0 Å². The molecule has 0 radical (unpaired) electrons. The second-order valence-corrected chi connectivity index (χ2v) is 6.85. The lowest BCUT2D eigenvalue weighted by Gasteiger charge is -2.38. The van der Waals surface area contributed by atoms with Crippen LogP contribution in [0.25, 0.3) is 0 Å². The minimum Gasteiger partial charge on any atom is -0.361 e. The topological polar surface area (TPSA) is 49.6 Å². The highest BCUT2D eigenvalue weighted by atomic mass is 35.5. The molecule has 1 amide bonds. The van der Waals surface area contributed by atoms with Gasteiger partial charge in [-0.25, -0.2) is 0 Å². The van der Waals surface area contributed by atoms with Crippen LogP contribution in [0.2, 0.25) is 5.02 Å². The highest BCUT2D eigenvalue weighted by Crippen LogP contribution is 2.28. The fourth-order valence-corrected chi connectivity index (χ4v) is 3.71. The third kappa shape index (κ3) is 3.58. The standard InChI is InChI=1S/C19H24ClN3O2/c1-4-17-18(14(3)25-21-17)19(24)23-11-9-22(10-12-23)13(2)15-7-5-6-8-16(15)20/h5-8,13H,4,9-12H2,1-3H3. The van der Waals surface area contributed by atoms with E-state index in [-0.39, 0.29) is 11.9 Å². The first kappa shape index (κ1) is 18.0. The van der Waals surface area contributed by atoms with E-state index < -0.39 is 0 Å². The van der Waals surface area contributed by atoms with Crippen LogP contribution in [-0.4, -0.2) is 47.0 Å². The van der Waals surface area contributed by atoms with Crippen LogP contribution in [0.5, 0.6) is 0 Å². The molecule has 0 spiro atoms. The van der Waals surface area contributed by atoms with Gasteiger partial charge in [0.25, 0.3) is 5.91 Å². The van der Waals surface area contributed by atoms with Crippen molar-refractivity contribution in [2.24, 2.45) is 0 Å². The summed E-state index contributed by atoms with van der Waals surface area (Å²) >= 11 is 6.33. The van der Waals surface area contributed by atoms with Gasteiger partial charge in [0, 0.05) is 37.2 Å². The van der Waals surface area contributed by atoms with Gasteiger partial charge in [-0.05, 0) is 31.9 Å². The predicted octanol–water partition coefficient (Wildman–Crippen LogP) is 3.72. The van der Waals surface area contributed by atoms with Crippen LogP contribution in [0, 0.1) is 6.92 Å². The van der Waals surface area contributed by atoms with E-state index in [2.05, 4.69) is 23.0 Å². The van der Waals surface area contributed by atoms with Crippen LogP contribution in [0.1, 0.15) is 47.3 Å². The van der Waals surface area contributed by atoms with E-state index in [0.29, 0.717) is 30.8 Å². The van der Waals surface area contributed by atoms with E-state index in [1.807, 2.05) is 30.0 Å². The molecule has 0 aliphatic carbocycles. The van der Waals surface area contributed by atoms with Crippen molar-refractivity contribution in [3.8, 4) is 0 Å². The number of carbonyl (C=O) groups excluding carboxylic acids is 1. The molecule has 1 aromatic heterocycles. The molecule has 2 aromatic rings. The molecular formula is C19H24ClN3O2. The molecule has 25 heavy (non-hydrogen) atoms. The minimum atomic E-state index is 0.0284. The van der Waals surface area contributed by atoms with Gasteiger partial charge < -0.3 is 9.42 Å². The Kier molecular flexibility index (Phi) is 5.45. The fourth-order valence-electron chi connectivity index (χ4n) is 3.41. The van der Waals surface area contributed by atoms with Gasteiger partial charge in [-0.3, -0.25) is 9.69 Å². The number of piperazine rings is 1. The van der Waals surface area contributed by atoms with Gasteiger partial charge in [0.15, 0.2) is 0 Å². The molecule has 0 bridgehead atoms. The molecule has 2 heterocycles. The van der Waals surface area contributed by atoms with Crippen LogP contribution < -0.4 is 0 Å². The second-order valence-electron chi connectivity index (χ2n) is 6.44. The zero-order valence-electron chi connectivity index (χ0n) is 15.0. The predicted molar refractivity (Wildman–Crippen MR) is 98.0 cm³/mol. The lowest BCUT2D eigenvalue weighted by atomic mass is 10.1. The first-order valence-electron chi connectivity index (χ1n) is 8.75. The number of hydrogen-bond donors (Lipinski definition) is 0. The molecule has 5 nitrogen and oxygen atoms in total. The van der Waals surface area contributed by atoms with E-state index in [1.165, 1.54) is 0 Å². The Balaban J connectivity index is 1.67. The number of aromatic nitrogens is 1. The Morgan fingerprint density at radius 1 is 1.28 bits per heavy atom. The molecule has 1 aromatic carbocycles. The summed E-state index contributed by atoms with van der Waals surface area (Å²) in [6, 6.07) is 8.18. The maximum absolute atomic E-state index is 12.8. The Hall–Kier alpha value is -1.85. The van der Waals surface area contributed by atoms with Crippen molar-refractivity contribution in [3.63, 3.8) is 0 Å². The molecule has 1 aliphatic rings. The molecule has 3 rings (SSSR count). The number of rotatable bonds is 4. The molecule has 1 unspecified atom stereocenters. The summed E-state index contributed by atoms with van der Waals surface area (Å²) in [5.74, 6) is 0.634. The number of hydrogen-bond acceptors (Lipinski definition) is 4. The second kappa shape index (κ2) is 7.58. The number of amides is 1. The Morgan fingerprint density at radius 2 is 1.96 bits per heavy atom. The lowest BCUT2D eigenvalue weighted by Crippen LogP contribution is -2.49. The molecule has 6 heteroatoms. The monoisotopic (exact) mass is 361 g/mol. The van der Waals surface area contributed by atoms with E-state index in [0.717, 1.165) is 29.4 Å². The summed E-state index contributed by atoms with van der Waals surface area (Å²) in [6.07, 6.45) is 0.696. The van der Waals surface area contributed by atoms with E-state index in [4.69, 9.17) is 16.1 Å².